The maximum absolute atomic E-state index is 6.00. The summed E-state index contributed by atoms with van der Waals surface area (Å²) in [5.41, 5.74) is 10.3. The predicted molar refractivity (Wildman–Crippen MR) is 82.3 cm³/mol. The van der Waals surface area contributed by atoms with Crippen LogP contribution in [0, 0.1) is 0 Å². The maximum atomic E-state index is 6.00. The van der Waals surface area contributed by atoms with Crippen LogP contribution in [0.3, 0.4) is 0 Å². The molecule has 3 N–H and O–H groups in total. The summed E-state index contributed by atoms with van der Waals surface area (Å²) in [5.74, 6) is 0.546. The van der Waals surface area contributed by atoms with Gasteiger partial charge in [-0.15, -0.1) is 0 Å². The molecule has 0 radical (unpaired) electrons. The molecule has 2 aromatic rings. The van der Waals surface area contributed by atoms with Crippen LogP contribution in [-0.2, 0) is 6.42 Å². The fraction of sp³-hybridized carbons (Fsp3) is 0.200. The Hall–Kier alpha value is -1.38. The number of nitrogens with one attached hydrogen (secondary N) is 1. The van der Waals surface area contributed by atoms with E-state index >= 15 is 0 Å². The Morgan fingerprint density at radius 1 is 1.16 bits per heavy atom. The van der Waals surface area contributed by atoms with E-state index in [4.69, 9.17) is 28.9 Å². The average molecular weight is 293 g/mol. The van der Waals surface area contributed by atoms with Crippen LogP contribution in [0.4, 0.5) is 11.4 Å². The number of nitrogen functional groups attached to an aromatic ring is 1. The molecule has 4 heteroatoms. The van der Waals surface area contributed by atoms with E-state index in [-0.39, 0.29) is 0 Å². The molecule has 0 aromatic heterocycles. The Kier molecular flexibility index (Phi) is 3.29. The highest BCUT2D eigenvalue weighted by Gasteiger charge is 2.25. The number of rotatable bonds is 3. The van der Waals surface area contributed by atoms with Crippen LogP contribution < -0.4 is 11.1 Å². The Morgan fingerprint density at radius 2 is 1.89 bits per heavy atom. The molecule has 0 aliphatic heterocycles. The van der Waals surface area contributed by atoms with Crippen molar-refractivity contribution in [2.75, 3.05) is 17.6 Å². The summed E-state index contributed by atoms with van der Waals surface area (Å²) < 4.78 is 0. The van der Waals surface area contributed by atoms with Crippen molar-refractivity contribution in [2.45, 2.75) is 12.3 Å². The lowest BCUT2D eigenvalue weighted by Crippen LogP contribution is -2.24. The molecule has 1 aliphatic carbocycles. The summed E-state index contributed by atoms with van der Waals surface area (Å²) in [6.45, 7) is 0.860. The SMILES string of the molecule is Nc1cc(Cl)c(Cl)cc1NCC1Cc2ccccc21. The molecule has 0 heterocycles. The molecule has 0 fully saturated rings. The second kappa shape index (κ2) is 4.95. The fourth-order valence-electron chi connectivity index (χ4n) is 2.49. The number of hydrogen-bond donors (Lipinski definition) is 2. The molecule has 98 valence electrons. The van der Waals surface area contributed by atoms with E-state index < -0.39 is 0 Å². The first-order valence-electron chi connectivity index (χ1n) is 6.21. The van der Waals surface area contributed by atoms with E-state index in [9.17, 15) is 0 Å². The quantitative estimate of drug-likeness (QED) is 0.827. The van der Waals surface area contributed by atoms with Gasteiger partial charge >= 0.3 is 0 Å². The summed E-state index contributed by atoms with van der Waals surface area (Å²) in [5, 5.41) is 4.36. The first-order chi connectivity index (χ1) is 9.15. The minimum atomic E-state index is 0.485. The van der Waals surface area contributed by atoms with Crippen molar-refractivity contribution in [3.05, 3.63) is 57.6 Å². The number of hydrogen-bond acceptors (Lipinski definition) is 2. The molecular formula is C15H14Cl2N2. The van der Waals surface area contributed by atoms with Gasteiger partial charge in [0.15, 0.2) is 0 Å². The summed E-state index contributed by atoms with van der Waals surface area (Å²) in [4.78, 5) is 0. The minimum absolute atomic E-state index is 0.485. The highest BCUT2D eigenvalue weighted by molar-refractivity contribution is 6.42. The van der Waals surface area contributed by atoms with Gasteiger partial charge in [0.05, 0.1) is 21.4 Å². The second-order valence-electron chi connectivity index (χ2n) is 4.83. The van der Waals surface area contributed by atoms with Crippen molar-refractivity contribution in [2.24, 2.45) is 0 Å². The lowest BCUT2D eigenvalue weighted by molar-refractivity contribution is 0.636. The van der Waals surface area contributed by atoms with Crippen molar-refractivity contribution < 1.29 is 0 Å². The number of nitrogens with two attached hydrogens (primary N) is 1. The van der Waals surface area contributed by atoms with Gasteiger partial charge in [0.1, 0.15) is 0 Å². The number of fused-ring (bicyclic) bond motifs is 1. The van der Waals surface area contributed by atoms with E-state index in [1.165, 1.54) is 11.1 Å². The van der Waals surface area contributed by atoms with Crippen LogP contribution in [0.15, 0.2) is 36.4 Å². The number of anilines is 2. The van der Waals surface area contributed by atoms with Crippen molar-refractivity contribution in [1.82, 2.24) is 0 Å². The van der Waals surface area contributed by atoms with Gasteiger partial charge < -0.3 is 11.1 Å². The summed E-state index contributed by atoms with van der Waals surface area (Å²) >= 11 is 11.9. The lowest BCUT2D eigenvalue weighted by Gasteiger charge is -2.30. The molecular weight excluding hydrogens is 279 g/mol. The van der Waals surface area contributed by atoms with E-state index in [1.54, 1.807) is 12.1 Å². The second-order valence-corrected chi connectivity index (χ2v) is 5.65. The molecule has 0 spiro atoms. The summed E-state index contributed by atoms with van der Waals surface area (Å²) in [6.07, 6.45) is 1.12. The third kappa shape index (κ3) is 2.38. The zero-order chi connectivity index (χ0) is 13.4. The van der Waals surface area contributed by atoms with Gasteiger partial charge in [0.2, 0.25) is 0 Å². The summed E-state index contributed by atoms with van der Waals surface area (Å²) in [6, 6.07) is 12.0. The molecule has 1 unspecified atom stereocenters. The van der Waals surface area contributed by atoms with Crippen LogP contribution in [0.1, 0.15) is 17.0 Å². The fourth-order valence-corrected chi connectivity index (χ4v) is 2.83. The van der Waals surface area contributed by atoms with Crippen LogP contribution in [0.2, 0.25) is 10.0 Å². The molecule has 0 saturated carbocycles. The Balaban J connectivity index is 1.70. The molecule has 19 heavy (non-hydrogen) atoms. The third-order valence-corrected chi connectivity index (χ3v) is 4.31. The maximum Gasteiger partial charge on any atom is 0.0614 e. The van der Waals surface area contributed by atoms with E-state index in [1.807, 2.05) is 0 Å². The largest absolute Gasteiger partial charge is 0.397 e. The van der Waals surface area contributed by atoms with Crippen molar-refractivity contribution in [3.63, 3.8) is 0 Å². The molecule has 0 bridgehead atoms. The Bertz CT molecular complexity index is 626. The molecule has 0 amide bonds. The van der Waals surface area contributed by atoms with Gasteiger partial charge in [-0.3, -0.25) is 0 Å². The summed E-state index contributed by atoms with van der Waals surface area (Å²) in [7, 11) is 0. The van der Waals surface area contributed by atoms with Crippen LogP contribution in [0.5, 0.6) is 0 Å². The van der Waals surface area contributed by atoms with E-state index in [0.717, 1.165) is 18.7 Å². The van der Waals surface area contributed by atoms with Gasteiger partial charge in [-0.2, -0.15) is 0 Å². The Labute approximate surface area is 122 Å². The van der Waals surface area contributed by atoms with Crippen molar-refractivity contribution in [1.29, 1.82) is 0 Å². The van der Waals surface area contributed by atoms with Gasteiger partial charge in [-0.05, 0) is 29.7 Å². The Morgan fingerprint density at radius 3 is 2.68 bits per heavy atom. The zero-order valence-electron chi connectivity index (χ0n) is 10.3. The minimum Gasteiger partial charge on any atom is -0.397 e. The molecule has 2 aromatic carbocycles. The lowest BCUT2D eigenvalue weighted by atomic mass is 9.77. The van der Waals surface area contributed by atoms with Gasteiger partial charge in [0, 0.05) is 12.5 Å². The number of benzene rings is 2. The highest BCUT2D eigenvalue weighted by atomic mass is 35.5. The molecule has 3 rings (SSSR count). The van der Waals surface area contributed by atoms with E-state index in [0.29, 0.717) is 21.7 Å². The first-order valence-corrected chi connectivity index (χ1v) is 6.97. The van der Waals surface area contributed by atoms with Gasteiger partial charge in [-0.25, -0.2) is 0 Å². The van der Waals surface area contributed by atoms with Crippen molar-refractivity contribution >= 4 is 34.6 Å². The monoisotopic (exact) mass is 292 g/mol. The van der Waals surface area contributed by atoms with Crippen LogP contribution >= 0.6 is 23.2 Å². The smallest absolute Gasteiger partial charge is 0.0614 e. The predicted octanol–water partition coefficient (Wildman–Crippen LogP) is 4.33. The molecule has 1 atom stereocenters. The molecule has 0 saturated heterocycles. The molecule has 2 nitrogen and oxygen atoms in total. The molecule has 1 aliphatic rings. The third-order valence-electron chi connectivity index (χ3n) is 3.59. The van der Waals surface area contributed by atoms with Gasteiger partial charge in [0.25, 0.3) is 0 Å². The number of halogens is 2. The standard InChI is InChI=1S/C15H14Cl2N2/c16-12-6-14(18)15(7-13(12)17)19-8-10-5-9-3-1-2-4-11(9)10/h1-4,6-7,10,19H,5,8,18H2. The average Bonchev–Trinajstić information content (AvgIpc) is 2.36. The van der Waals surface area contributed by atoms with Crippen LogP contribution in [-0.4, -0.2) is 6.54 Å². The van der Waals surface area contributed by atoms with Crippen molar-refractivity contribution in [3.8, 4) is 0 Å². The van der Waals surface area contributed by atoms with E-state index in [2.05, 4.69) is 29.6 Å². The highest BCUT2D eigenvalue weighted by Crippen LogP contribution is 2.36. The normalized spacial score (nSPS) is 16.6. The zero-order valence-corrected chi connectivity index (χ0v) is 11.8. The topological polar surface area (TPSA) is 38.0 Å². The van der Waals surface area contributed by atoms with Crippen LogP contribution in [0.25, 0.3) is 0 Å². The van der Waals surface area contributed by atoms with Gasteiger partial charge in [-0.1, -0.05) is 47.5 Å². The first kappa shape index (κ1) is 12.6.